The number of aryl methyl sites for hydroxylation is 1. The molecule has 0 spiro atoms. The lowest BCUT2D eigenvalue weighted by Gasteiger charge is -2.23. The highest BCUT2D eigenvalue weighted by Crippen LogP contribution is 2.28. The van der Waals surface area contributed by atoms with Crippen LogP contribution in [0, 0.1) is 12.8 Å². The molecule has 0 saturated heterocycles. The standard InChI is InChI=1S/C16H25NO/c1-13-6-5-9-15(10-11-17)16(13)18-12-14-7-3-2-4-8-14/h5-6,9,14H,2-4,7-8,10-12,17H2,1H3. The molecule has 2 N–H and O–H groups in total. The van der Waals surface area contributed by atoms with Gasteiger partial charge in [0.1, 0.15) is 5.75 Å². The number of rotatable bonds is 5. The zero-order valence-corrected chi connectivity index (χ0v) is 11.5. The summed E-state index contributed by atoms with van der Waals surface area (Å²) >= 11 is 0. The Morgan fingerprint density at radius 2 is 2.00 bits per heavy atom. The number of para-hydroxylation sites is 1. The highest BCUT2D eigenvalue weighted by molar-refractivity contribution is 5.40. The lowest BCUT2D eigenvalue weighted by molar-refractivity contribution is 0.206. The average molecular weight is 247 g/mol. The van der Waals surface area contributed by atoms with Gasteiger partial charge in [-0.05, 0) is 49.8 Å². The lowest BCUT2D eigenvalue weighted by Crippen LogP contribution is -2.16. The zero-order chi connectivity index (χ0) is 12.8. The second-order valence-corrected chi connectivity index (χ2v) is 5.42. The van der Waals surface area contributed by atoms with Gasteiger partial charge in [0.15, 0.2) is 0 Å². The van der Waals surface area contributed by atoms with Crippen molar-refractivity contribution in [3.05, 3.63) is 29.3 Å². The first-order valence-electron chi connectivity index (χ1n) is 7.22. The van der Waals surface area contributed by atoms with Gasteiger partial charge >= 0.3 is 0 Å². The Morgan fingerprint density at radius 3 is 2.72 bits per heavy atom. The molecule has 2 rings (SSSR count). The van der Waals surface area contributed by atoms with Gasteiger partial charge in [-0.2, -0.15) is 0 Å². The van der Waals surface area contributed by atoms with Crippen LogP contribution in [0.3, 0.4) is 0 Å². The van der Waals surface area contributed by atoms with Crippen molar-refractivity contribution in [2.75, 3.05) is 13.2 Å². The van der Waals surface area contributed by atoms with Gasteiger partial charge < -0.3 is 10.5 Å². The molecule has 0 aliphatic heterocycles. The van der Waals surface area contributed by atoms with E-state index in [4.69, 9.17) is 10.5 Å². The van der Waals surface area contributed by atoms with Gasteiger partial charge in [-0.3, -0.25) is 0 Å². The molecule has 1 saturated carbocycles. The molecule has 2 heteroatoms. The summed E-state index contributed by atoms with van der Waals surface area (Å²) in [7, 11) is 0. The van der Waals surface area contributed by atoms with E-state index in [0.717, 1.165) is 24.7 Å². The summed E-state index contributed by atoms with van der Waals surface area (Å²) < 4.78 is 6.10. The van der Waals surface area contributed by atoms with Crippen LogP contribution in [0.25, 0.3) is 0 Å². The van der Waals surface area contributed by atoms with Crippen molar-refractivity contribution < 1.29 is 4.74 Å². The smallest absolute Gasteiger partial charge is 0.125 e. The topological polar surface area (TPSA) is 35.2 Å². The summed E-state index contributed by atoms with van der Waals surface area (Å²) in [6, 6.07) is 6.35. The van der Waals surface area contributed by atoms with Crippen LogP contribution in [0.15, 0.2) is 18.2 Å². The molecule has 0 atom stereocenters. The van der Waals surface area contributed by atoms with Crippen molar-refractivity contribution in [1.82, 2.24) is 0 Å². The molecule has 100 valence electrons. The Bertz CT molecular complexity index is 369. The summed E-state index contributed by atoms with van der Waals surface area (Å²) in [4.78, 5) is 0. The molecule has 0 unspecified atom stereocenters. The van der Waals surface area contributed by atoms with Crippen molar-refractivity contribution in [2.24, 2.45) is 11.7 Å². The molecule has 1 aliphatic carbocycles. The van der Waals surface area contributed by atoms with E-state index in [0.29, 0.717) is 6.54 Å². The van der Waals surface area contributed by atoms with Crippen LogP contribution >= 0.6 is 0 Å². The van der Waals surface area contributed by atoms with Gasteiger partial charge in [-0.25, -0.2) is 0 Å². The van der Waals surface area contributed by atoms with Crippen molar-refractivity contribution in [3.8, 4) is 5.75 Å². The Kier molecular flexibility index (Phi) is 5.06. The summed E-state index contributed by atoms with van der Waals surface area (Å²) in [6.45, 7) is 3.68. The first-order chi connectivity index (χ1) is 8.81. The quantitative estimate of drug-likeness (QED) is 0.865. The lowest BCUT2D eigenvalue weighted by atomic mass is 9.90. The summed E-state index contributed by atoms with van der Waals surface area (Å²) in [5, 5.41) is 0. The number of benzene rings is 1. The maximum absolute atomic E-state index is 6.10. The van der Waals surface area contributed by atoms with E-state index in [1.54, 1.807) is 0 Å². The van der Waals surface area contributed by atoms with Crippen LogP contribution < -0.4 is 10.5 Å². The van der Waals surface area contributed by atoms with Gasteiger partial charge in [0.2, 0.25) is 0 Å². The molecule has 0 bridgehead atoms. The van der Waals surface area contributed by atoms with Crippen LogP contribution in [0.4, 0.5) is 0 Å². The Hall–Kier alpha value is -1.02. The summed E-state index contributed by atoms with van der Waals surface area (Å²) in [5.41, 5.74) is 8.15. The molecule has 1 aromatic rings. The summed E-state index contributed by atoms with van der Waals surface area (Å²) in [5.74, 6) is 1.83. The van der Waals surface area contributed by atoms with Gasteiger partial charge in [0.05, 0.1) is 6.61 Å². The third-order valence-electron chi connectivity index (χ3n) is 3.90. The van der Waals surface area contributed by atoms with Gasteiger partial charge in [0.25, 0.3) is 0 Å². The highest BCUT2D eigenvalue weighted by Gasteiger charge is 2.15. The first kappa shape index (κ1) is 13.4. The van der Waals surface area contributed by atoms with E-state index >= 15 is 0 Å². The third kappa shape index (κ3) is 3.49. The fourth-order valence-electron chi connectivity index (χ4n) is 2.83. The Morgan fingerprint density at radius 1 is 1.22 bits per heavy atom. The minimum atomic E-state index is 0.684. The third-order valence-corrected chi connectivity index (χ3v) is 3.90. The molecule has 1 fully saturated rings. The molecule has 1 aliphatic rings. The van der Waals surface area contributed by atoms with Gasteiger partial charge in [0, 0.05) is 0 Å². The van der Waals surface area contributed by atoms with E-state index in [2.05, 4.69) is 25.1 Å². The first-order valence-corrected chi connectivity index (χ1v) is 7.22. The van der Waals surface area contributed by atoms with Crippen LogP contribution in [0.1, 0.15) is 43.2 Å². The van der Waals surface area contributed by atoms with Gasteiger partial charge in [-0.1, -0.05) is 37.5 Å². The predicted molar refractivity (Wildman–Crippen MR) is 76.0 cm³/mol. The molecule has 1 aromatic carbocycles. The van der Waals surface area contributed by atoms with Crippen LogP contribution in [0.2, 0.25) is 0 Å². The maximum atomic E-state index is 6.10. The second-order valence-electron chi connectivity index (χ2n) is 5.42. The number of hydrogen-bond acceptors (Lipinski definition) is 2. The van der Waals surface area contributed by atoms with E-state index in [-0.39, 0.29) is 0 Å². The molecule has 2 nitrogen and oxygen atoms in total. The largest absolute Gasteiger partial charge is 0.493 e. The van der Waals surface area contributed by atoms with Crippen molar-refractivity contribution >= 4 is 0 Å². The van der Waals surface area contributed by atoms with Gasteiger partial charge in [-0.15, -0.1) is 0 Å². The predicted octanol–water partition coefficient (Wildman–Crippen LogP) is 3.46. The normalized spacial score (nSPS) is 16.8. The van der Waals surface area contributed by atoms with Crippen molar-refractivity contribution in [1.29, 1.82) is 0 Å². The molecule has 0 radical (unpaired) electrons. The monoisotopic (exact) mass is 247 g/mol. The summed E-state index contributed by atoms with van der Waals surface area (Å²) in [6.07, 6.45) is 7.71. The molecule has 0 aromatic heterocycles. The molecular weight excluding hydrogens is 222 g/mol. The minimum Gasteiger partial charge on any atom is -0.493 e. The van der Waals surface area contributed by atoms with E-state index in [1.807, 2.05) is 0 Å². The fraction of sp³-hybridized carbons (Fsp3) is 0.625. The fourth-order valence-corrected chi connectivity index (χ4v) is 2.83. The van der Waals surface area contributed by atoms with E-state index < -0.39 is 0 Å². The SMILES string of the molecule is Cc1cccc(CCN)c1OCC1CCCCC1. The highest BCUT2D eigenvalue weighted by atomic mass is 16.5. The maximum Gasteiger partial charge on any atom is 0.125 e. The van der Waals surface area contributed by atoms with Crippen LogP contribution in [-0.2, 0) is 6.42 Å². The number of ether oxygens (including phenoxy) is 1. The van der Waals surface area contributed by atoms with Crippen molar-refractivity contribution in [3.63, 3.8) is 0 Å². The second kappa shape index (κ2) is 6.79. The Labute approximate surface area is 111 Å². The Balaban J connectivity index is 1.98. The van der Waals surface area contributed by atoms with Crippen molar-refractivity contribution in [2.45, 2.75) is 45.4 Å². The number of hydrogen-bond donors (Lipinski definition) is 1. The zero-order valence-electron chi connectivity index (χ0n) is 11.5. The minimum absolute atomic E-state index is 0.684. The van der Waals surface area contributed by atoms with E-state index in [1.165, 1.54) is 43.2 Å². The van der Waals surface area contributed by atoms with Crippen LogP contribution in [-0.4, -0.2) is 13.2 Å². The molecule has 0 heterocycles. The molecule has 0 amide bonds. The molecule has 18 heavy (non-hydrogen) atoms. The molecular formula is C16H25NO. The van der Waals surface area contributed by atoms with E-state index in [9.17, 15) is 0 Å². The number of nitrogens with two attached hydrogens (primary N) is 1. The van der Waals surface area contributed by atoms with Crippen LogP contribution in [0.5, 0.6) is 5.75 Å². The average Bonchev–Trinajstić information content (AvgIpc) is 2.40.